The second kappa shape index (κ2) is 6.86. The molecule has 0 atom stereocenters. The Morgan fingerprint density at radius 2 is 1.96 bits per heavy atom. The average Bonchev–Trinajstić information content (AvgIpc) is 3.19. The zero-order valence-electron chi connectivity index (χ0n) is 13.4. The van der Waals surface area contributed by atoms with E-state index >= 15 is 0 Å². The maximum Gasteiger partial charge on any atom is 0.433 e. The second-order valence-corrected chi connectivity index (χ2v) is 6.28. The first-order valence-corrected chi connectivity index (χ1v) is 8.07. The molecule has 1 aliphatic rings. The molecule has 12 heteroatoms. The fraction of sp³-hybridized carbons (Fsp3) is 0.0625. The molecule has 0 unspecified atom stereocenters. The minimum atomic E-state index is -4.86. The van der Waals surface area contributed by atoms with Crippen molar-refractivity contribution >= 4 is 40.6 Å². The summed E-state index contributed by atoms with van der Waals surface area (Å²) in [6.45, 7) is 0. The number of rotatable bonds is 3. The molecule has 8 nitrogen and oxygen atoms in total. The van der Waals surface area contributed by atoms with Crippen molar-refractivity contribution in [1.29, 1.82) is 5.26 Å². The fourth-order valence-electron chi connectivity index (χ4n) is 2.34. The van der Waals surface area contributed by atoms with Gasteiger partial charge in [0, 0.05) is 6.08 Å². The Hall–Kier alpha value is -3.59. The van der Waals surface area contributed by atoms with Crippen LogP contribution in [0.15, 0.2) is 39.7 Å². The predicted molar refractivity (Wildman–Crippen MR) is 90.0 cm³/mol. The molecule has 0 radical (unpaired) electrons. The minimum absolute atomic E-state index is 0.0759. The Bertz CT molecular complexity index is 1080. The van der Waals surface area contributed by atoms with Crippen molar-refractivity contribution in [3.05, 3.63) is 62.2 Å². The number of benzene rings is 1. The van der Waals surface area contributed by atoms with Crippen LogP contribution in [0.3, 0.4) is 0 Å². The van der Waals surface area contributed by atoms with Crippen LogP contribution < -0.4 is 4.90 Å². The first-order valence-electron chi connectivity index (χ1n) is 7.25. The van der Waals surface area contributed by atoms with Crippen molar-refractivity contribution in [2.45, 2.75) is 6.18 Å². The van der Waals surface area contributed by atoms with Gasteiger partial charge in [-0.05, 0) is 36.0 Å². The van der Waals surface area contributed by atoms with Gasteiger partial charge in [0.15, 0.2) is 0 Å². The molecule has 2 heterocycles. The number of carbonyl (C=O) groups excluding carboxylic acids is 2. The molecule has 3 rings (SSSR count). The van der Waals surface area contributed by atoms with E-state index in [1.54, 1.807) is 0 Å². The number of nitro groups is 1. The van der Waals surface area contributed by atoms with Gasteiger partial charge in [-0.1, -0.05) is 0 Å². The zero-order valence-corrected chi connectivity index (χ0v) is 14.2. The van der Waals surface area contributed by atoms with Gasteiger partial charge in [0.25, 0.3) is 11.1 Å². The number of nitrogens with zero attached hydrogens (tertiary/aromatic N) is 3. The highest BCUT2D eigenvalue weighted by atomic mass is 32.2. The topological polar surface area (TPSA) is 117 Å². The fourth-order valence-corrected chi connectivity index (χ4v) is 3.16. The van der Waals surface area contributed by atoms with Crippen molar-refractivity contribution in [2.24, 2.45) is 0 Å². The monoisotopic (exact) mass is 409 g/mol. The van der Waals surface area contributed by atoms with Crippen LogP contribution in [0.1, 0.15) is 16.9 Å². The number of thioether (sulfide) groups is 1. The second-order valence-electron chi connectivity index (χ2n) is 5.29. The Kier molecular flexibility index (Phi) is 4.70. The molecule has 2 aromatic rings. The number of hydrogen-bond acceptors (Lipinski definition) is 7. The number of alkyl halides is 3. The van der Waals surface area contributed by atoms with Crippen LogP contribution in [0.25, 0.3) is 6.08 Å². The van der Waals surface area contributed by atoms with Crippen LogP contribution in [-0.4, -0.2) is 16.1 Å². The van der Waals surface area contributed by atoms with Gasteiger partial charge < -0.3 is 4.42 Å². The van der Waals surface area contributed by atoms with Crippen molar-refractivity contribution in [2.75, 3.05) is 4.90 Å². The molecule has 142 valence electrons. The first kappa shape index (κ1) is 19.2. The lowest BCUT2D eigenvalue weighted by atomic mass is 10.1. The highest BCUT2D eigenvalue weighted by Crippen LogP contribution is 2.39. The number of halogens is 3. The smallest absolute Gasteiger partial charge is 0.401 e. The van der Waals surface area contributed by atoms with Crippen LogP contribution in [-0.2, 0) is 11.0 Å². The number of nitriles is 1. The number of furan rings is 1. The maximum absolute atomic E-state index is 13.1. The summed E-state index contributed by atoms with van der Waals surface area (Å²) in [5.41, 5.74) is -2.29. The lowest BCUT2D eigenvalue weighted by molar-refractivity contribution is -0.402. The van der Waals surface area contributed by atoms with Crippen LogP contribution >= 0.6 is 11.8 Å². The SMILES string of the molecule is N#Cc1ccc(N2C(=O)S/C(=C\c3ccc([N+](=O)[O-])o3)C2=O)cc1C(F)(F)F. The van der Waals surface area contributed by atoms with Crippen molar-refractivity contribution in [3.63, 3.8) is 0 Å². The van der Waals surface area contributed by atoms with Crippen LogP contribution in [0.5, 0.6) is 0 Å². The van der Waals surface area contributed by atoms with E-state index in [1.807, 2.05) is 0 Å². The van der Waals surface area contributed by atoms with E-state index in [-0.39, 0.29) is 16.4 Å². The number of imide groups is 1. The molecule has 0 N–H and O–H groups in total. The standard InChI is InChI=1S/C16H6F3N3O5S/c17-16(18,19)11-5-9(2-1-8(11)7-20)21-14(23)12(28-15(21)24)6-10-3-4-13(27-10)22(25)26/h1-6H/b12-6-. The lowest BCUT2D eigenvalue weighted by Gasteiger charge is -2.16. The molecule has 28 heavy (non-hydrogen) atoms. The van der Waals surface area contributed by atoms with Gasteiger partial charge in [-0.15, -0.1) is 0 Å². The Morgan fingerprint density at radius 1 is 1.25 bits per heavy atom. The molecular formula is C16H6F3N3O5S. The third kappa shape index (κ3) is 3.47. The van der Waals surface area contributed by atoms with Gasteiger partial charge in [-0.2, -0.15) is 18.4 Å². The molecular weight excluding hydrogens is 403 g/mol. The van der Waals surface area contributed by atoms with E-state index in [9.17, 15) is 32.9 Å². The Morgan fingerprint density at radius 3 is 2.54 bits per heavy atom. The van der Waals surface area contributed by atoms with Gasteiger partial charge in [0.1, 0.15) is 10.7 Å². The Balaban J connectivity index is 1.97. The zero-order chi connectivity index (χ0) is 20.6. The molecule has 0 spiro atoms. The molecule has 1 saturated heterocycles. The Labute approximate surface area is 158 Å². The van der Waals surface area contributed by atoms with Gasteiger partial charge in [0.2, 0.25) is 0 Å². The number of hydrogen-bond donors (Lipinski definition) is 0. The third-order valence-corrected chi connectivity index (χ3v) is 4.42. The number of anilines is 1. The summed E-state index contributed by atoms with van der Waals surface area (Å²) in [4.78, 5) is 34.8. The van der Waals surface area contributed by atoms with Crippen molar-refractivity contribution in [1.82, 2.24) is 0 Å². The summed E-state index contributed by atoms with van der Waals surface area (Å²) in [7, 11) is 0. The first-order chi connectivity index (χ1) is 13.1. The molecule has 2 amide bonds. The average molecular weight is 409 g/mol. The largest absolute Gasteiger partial charge is 0.433 e. The van der Waals surface area contributed by atoms with Crippen LogP contribution in [0.2, 0.25) is 0 Å². The highest BCUT2D eigenvalue weighted by molar-refractivity contribution is 8.19. The molecule has 1 aliphatic heterocycles. The van der Waals surface area contributed by atoms with E-state index in [4.69, 9.17) is 9.68 Å². The molecule has 0 saturated carbocycles. The highest BCUT2D eigenvalue weighted by Gasteiger charge is 2.39. The summed E-state index contributed by atoms with van der Waals surface area (Å²) < 4.78 is 44.2. The van der Waals surface area contributed by atoms with Crippen molar-refractivity contribution in [3.8, 4) is 6.07 Å². The summed E-state index contributed by atoms with van der Waals surface area (Å²) in [5, 5.41) is 18.6. The number of carbonyl (C=O) groups is 2. The third-order valence-electron chi connectivity index (χ3n) is 3.55. The predicted octanol–water partition coefficient (Wildman–Crippen LogP) is 4.32. The molecule has 0 bridgehead atoms. The van der Waals surface area contributed by atoms with E-state index in [0.717, 1.165) is 24.3 Å². The molecule has 0 aliphatic carbocycles. The van der Waals surface area contributed by atoms with E-state index < -0.39 is 39.3 Å². The maximum atomic E-state index is 13.1. The normalized spacial score (nSPS) is 15.9. The van der Waals surface area contributed by atoms with Gasteiger partial charge in [0.05, 0.1) is 33.9 Å². The molecule has 1 aromatic carbocycles. The number of amides is 2. The summed E-state index contributed by atoms with van der Waals surface area (Å²) >= 11 is 0.435. The van der Waals surface area contributed by atoms with Gasteiger partial charge in [-0.25, -0.2) is 4.90 Å². The quantitative estimate of drug-likeness (QED) is 0.421. The summed E-state index contributed by atoms with van der Waals surface area (Å²) in [6, 6.07) is 6.10. The van der Waals surface area contributed by atoms with E-state index in [1.165, 1.54) is 12.1 Å². The minimum Gasteiger partial charge on any atom is -0.401 e. The van der Waals surface area contributed by atoms with E-state index in [2.05, 4.69) is 0 Å². The molecule has 1 aromatic heterocycles. The van der Waals surface area contributed by atoms with Gasteiger partial charge in [-0.3, -0.25) is 19.7 Å². The summed E-state index contributed by atoms with van der Waals surface area (Å²) in [5.74, 6) is -1.58. The van der Waals surface area contributed by atoms with Gasteiger partial charge >= 0.3 is 12.1 Å². The van der Waals surface area contributed by atoms with Crippen molar-refractivity contribution < 1.29 is 32.1 Å². The molecule has 1 fully saturated rings. The summed E-state index contributed by atoms with van der Waals surface area (Å²) in [6.07, 6.45) is -3.78. The lowest BCUT2D eigenvalue weighted by Crippen LogP contribution is -2.28. The van der Waals surface area contributed by atoms with E-state index in [0.29, 0.717) is 22.7 Å². The van der Waals surface area contributed by atoms with Crippen LogP contribution in [0, 0.1) is 21.4 Å². The van der Waals surface area contributed by atoms with Crippen LogP contribution in [0.4, 0.5) is 29.5 Å².